The first-order chi connectivity index (χ1) is 10.6. The van der Waals surface area contributed by atoms with Crippen molar-refractivity contribution >= 4 is 28.4 Å². The molecule has 0 aliphatic heterocycles. The lowest BCUT2D eigenvalue weighted by Gasteiger charge is -2.06. The number of Topliss-reactive ketones (excluding diaryl/α,β-unsaturated/α-hetero) is 1. The minimum Gasteiger partial charge on any atom is -0.451 e. The number of rotatable bonds is 3. The number of benzene rings is 2. The van der Waals surface area contributed by atoms with E-state index in [-0.39, 0.29) is 29.0 Å². The third-order valence-electron chi connectivity index (χ3n) is 3.59. The van der Waals surface area contributed by atoms with Gasteiger partial charge in [-0.05, 0) is 30.2 Å². The fourth-order valence-corrected chi connectivity index (χ4v) is 2.56. The van der Waals surface area contributed by atoms with E-state index in [1.807, 2.05) is 31.2 Å². The van der Waals surface area contributed by atoms with Crippen LogP contribution in [0.1, 0.15) is 21.7 Å². The van der Waals surface area contributed by atoms with Crippen molar-refractivity contribution in [1.29, 1.82) is 0 Å². The summed E-state index contributed by atoms with van der Waals surface area (Å²) < 4.78 is 5.57. The quantitative estimate of drug-likeness (QED) is 0.682. The minimum absolute atomic E-state index is 0.0360. The van der Waals surface area contributed by atoms with Gasteiger partial charge in [0.1, 0.15) is 0 Å². The summed E-state index contributed by atoms with van der Waals surface area (Å²) in [7, 11) is 0. The second-order valence-corrected chi connectivity index (χ2v) is 5.53. The Labute approximate surface area is 132 Å². The number of hydrogen-bond donors (Lipinski definition) is 0. The van der Waals surface area contributed by atoms with Gasteiger partial charge in [-0.15, -0.1) is 0 Å². The van der Waals surface area contributed by atoms with Gasteiger partial charge in [0.05, 0.1) is 10.4 Å². The van der Waals surface area contributed by atoms with Gasteiger partial charge in [0.2, 0.25) is 5.78 Å². The Morgan fingerprint density at radius 1 is 1.14 bits per heavy atom. The Balaban J connectivity index is 2.03. The van der Waals surface area contributed by atoms with Crippen molar-refractivity contribution in [2.24, 2.45) is 0 Å². The predicted octanol–water partition coefficient (Wildman–Crippen LogP) is 4.18. The number of carbonyl (C=O) groups excluding carboxylic acids is 1. The molecule has 3 nitrogen and oxygen atoms in total. The lowest BCUT2D eigenvalue weighted by molar-refractivity contribution is 0.0967. The van der Waals surface area contributed by atoms with E-state index in [4.69, 9.17) is 16.0 Å². The third-order valence-corrected chi connectivity index (χ3v) is 3.89. The highest BCUT2D eigenvalue weighted by molar-refractivity contribution is 6.34. The van der Waals surface area contributed by atoms with Crippen molar-refractivity contribution in [3.63, 3.8) is 0 Å². The topological polar surface area (TPSA) is 47.3 Å². The molecule has 3 aromatic rings. The van der Waals surface area contributed by atoms with Crippen LogP contribution in [0.5, 0.6) is 0 Å². The zero-order chi connectivity index (χ0) is 15.7. The molecule has 0 amide bonds. The van der Waals surface area contributed by atoms with Crippen molar-refractivity contribution < 1.29 is 9.21 Å². The fourth-order valence-electron chi connectivity index (χ4n) is 2.35. The third kappa shape index (κ3) is 2.68. The van der Waals surface area contributed by atoms with Crippen LogP contribution in [0.2, 0.25) is 5.02 Å². The van der Waals surface area contributed by atoms with Gasteiger partial charge in [0.15, 0.2) is 16.8 Å². The summed E-state index contributed by atoms with van der Waals surface area (Å²) in [5, 5.41) is 0.695. The monoisotopic (exact) mass is 312 g/mol. The molecule has 0 spiro atoms. The second kappa shape index (κ2) is 5.78. The number of carbonyl (C=O) groups is 1. The molecule has 22 heavy (non-hydrogen) atoms. The molecule has 4 heteroatoms. The molecule has 2 aromatic carbocycles. The molecule has 110 valence electrons. The van der Waals surface area contributed by atoms with E-state index in [9.17, 15) is 9.59 Å². The molecular weight excluding hydrogens is 300 g/mol. The molecule has 0 saturated heterocycles. The Morgan fingerprint density at radius 2 is 1.91 bits per heavy atom. The molecule has 1 heterocycles. The summed E-state index contributed by atoms with van der Waals surface area (Å²) in [6.07, 6.45) is 0.186. The average molecular weight is 313 g/mol. The average Bonchev–Trinajstić information content (AvgIpc) is 2.50. The molecule has 3 rings (SSSR count). The summed E-state index contributed by atoms with van der Waals surface area (Å²) in [5.41, 5.74) is 1.92. The smallest absolute Gasteiger partial charge is 0.202 e. The van der Waals surface area contributed by atoms with Gasteiger partial charge in [-0.3, -0.25) is 9.59 Å². The van der Waals surface area contributed by atoms with Crippen molar-refractivity contribution in [2.45, 2.75) is 13.3 Å². The van der Waals surface area contributed by atoms with Gasteiger partial charge in [-0.2, -0.15) is 0 Å². The van der Waals surface area contributed by atoms with E-state index in [1.165, 1.54) is 6.07 Å². The summed E-state index contributed by atoms with van der Waals surface area (Å²) >= 11 is 6.05. The standard InChI is InChI=1S/C18H13ClO3/c1-11-5-2-3-6-12(11)9-16(21)17-10-15(20)13-7-4-8-14(19)18(13)22-17/h2-8,10H,9H2,1H3. The van der Waals surface area contributed by atoms with Crippen LogP contribution in [0.25, 0.3) is 11.0 Å². The van der Waals surface area contributed by atoms with Crippen LogP contribution >= 0.6 is 11.6 Å². The highest BCUT2D eigenvalue weighted by Gasteiger charge is 2.15. The maximum absolute atomic E-state index is 12.4. The van der Waals surface area contributed by atoms with Crippen LogP contribution in [-0.4, -0.2) is 5.78 Å². The van der Waals surface area contributed by atoms with Crippen LogP contribution in [0, 0.1) is 6.92 Å². The first-order valence-corrected chi connectivity index (χ1v) is 7.24. The maximum atomic E-state index is 12.4. The molecular formula is C18H13ClO3. The summed E-state index contributed by atoms with van der Waals surface area (Å²) in [6.45, 7) is 1.94. The summed E-state index contributed by atoms with van der Waals surface area (Å²) in [5.74, 6) is -0.206. The fraction of sp³-hybridized carbons (Fsp3) is 0.111. The molecule has 0 aliphatic rings. The van der Waals surface area contributed by atoms with Gasteiger partial charge in [0, 0.05) is 12.5 Å². The molecule has 0 unspecified atom stereocenters. The number of fused-ring (bicyclic) bond motifs is 1. The molecule has 0 N–H and O–H groups in total. The molecule has 0 fully saturated rings. The zero-order valence-electron chi connectivity index (χ0n) is 11.9. The molecule has 0 aliphatic carbocycles. The maximum Gasteiger partial charge on any atom is 0.202 e. The van der Waals surface area contributed by atoms with E-state index >= 15 is 0 Å². The van der Waals surface area contributed by atoms with Crippen LogP contribution in [-0.2, 0) is 6.42 Å². The normalized spacial score (nSPS) is 10.8. The van der Waals surface area contributed by atoms with Crippen LogP contribution in [0.15, 0.2) is 57.7 Å². The van der Waals surface area contributed by atoms with Crippen molar-refractivity contribution in [3.05, 3.63) is 80.7 Å². The van der Waals surface area contributed by atoms with Crippen LogP contribution in [0.4, 0.5) is 0 Å². The van der Waals surface area contributed by atoms with Crippen molar-refractivity contribution in [3.8, 4) is 0 Å². The number of hydrogen-bond acceptors (Lipinski definition) is 3. The summed E-state index contributed by atoms with van der Waals surface area (Å²) in [4.78, 5) is 24.5. The van der Waals surface area contributed by atoms with Crippen LogP contribution in [0.3, 0.4) is 0 Å². The number of halogens is 1. The highest BCUT2D eigenvalue weighted by atomic mass is 35.5. The molecule has 0 radical (unpaired) electrons. The van der Waals surface area contributed by atoms with E-state index in [2.05, 4.69) is 0 Å². The molecule has 0 bridgehead atoms. The molecule has 1 aromatic heterocycles. The first-order valence-electron chi connectivity index (χ1n) is 6.86. The Morgan fingerprint density at radius 3 is 2.68 bits per heavy atom. The number of ketones is 1. The number of aryl methyl sites for hydroxylation is 1. The van der Waals surface area contributed by atoms with Crippen molar-refractivity contribution in [2.75, 3.05) is 0 Å². The molecule has 0 saturated carbocycles. The minimum atomic E-state index is -0.267. The lowest BCUT2D eigenvalue weighted by Crippen LogP contribution is -2.10. The van der Waals surface area contributed by atoms with Gasteiger partial charge >= 0.3 is 0 Å². The highest BCUT2D eigenvalue weighted by Crippen LogP contribution is 2.22. The number of para-hydroxylation sites is 1. The predicted molar refractivity (Wildman–Crippen MR) is 86.7 cm³/mol. The summed E-state index contributed by atoms with van der Waals surface area (Å²) in [6, 6.07) is 13.8. The van der Waals surface area contributed by atoms with Gasteiger partial charge in [-0.1, -0.05) is 41.9 Å². The van der Waals surface area contributed by atoms with Gasteiger partial charge < -0.3 is 4.42 Å². The largest absolute Gasteiger partial charge is 0.451 e. The molecule has 0 atom stereocenters. The van der Waals surface area contributed by atoms with E-state index < -0.39 is 0 Å². The van der Waals surface area contributed by atoms with Crippen LogP contribution < -0.4 is 5.43 Å². The Kier molecular flexibility index (Phi) is 3.82. The van der Waals surface area contributed by atoms with E-state index in [0.29, 0.717) is 10.4 Å². The Bertz CT molecular complexity index is 925. The van der Waals surface area contributed by atoms with E-state index in [0.717, 1.165) is 11.1 Å². The lowest BCUT2D eigenvalue weighted by atomic mass is 10.0. The second-order valence-electron chi connectivity index (χ2n) is 5.12. The Hall–Kier alpha value is -2.39. The van der Waals surface area contributed by atoms with E-state index in [1.54, 1.807) is 18.2 Å². The van der Waals surface area contributed by atoms with Gasteiger partial charge in [0.25, 0.3) is 0 Å². The van der Waals surface area contributed by atoms with Gasteiger partial charge in [-0.25, -0.2) is 0 Å². The first kappa shape index (κ1) is 14.5. The zero-order valence-corrected chi connectivity index (χ0v) is 12.7. The van der Waals surface area contributed by atoms with Crippen molar-refractivity contribution in [1.82, 2.24) is 0 Å². The SMILES string of the molecule is Cc1ccccc1CC(=O)c1cc(=O)c2cccc(Cl)c2o1.